The molecule has 18 heavy (non-hydrogen) atoms. The number of aliphatic hydroxyl groups excluding tert-OH is 1. The third kappa shape index (κ3) is 5.30. The number of carboxylic acids is 1. The average Bonchev–Trinajstić information content (AvgIpc) is 2.81. The standard InChI is InChI=1S/C10H16N4O4/c15-8(9(16)17)2-4-11-10(18)12-5-7-14-6-1-3-13-14/h1,3,6,8,15H,2,4-5,7H2,(H,16,17)(H2,11,12,18)/t8-/m0/s1. The van der Waals surface area contributed by atoms with Gasteiger partial charge in [-0.2, -0.15) is 5.10 Å². The fourth-order valence-corrected chi connectivity index (χ4v) is 1.23. The van der Waals surface area contributed by atoms with Crippen LogP contribution in [0.2, 0.25) is 0 Å². The van der Waals surface area contributed by atoms with Crippen molar-refractivity contribution in [3.63, 3.8) is 0 Å². The van der Waals surface area contributed by atoms with Gasteiger partial charge in [0.1, 0.15) is 0 Å². The fourth-order valence-electron chi connectivity index (χ4n) is 1.23. The molecule has 0 fully saturated rings. The van der Waals surface area contributed by atoms with Gasteiger partial charge in [0, 0.05) is 31.9 Å². The van der Waals surface area contributed by atoms with Crippen molar-refractivity contribution in [2.45, 2.75) is 19.1 Å². The van der Waals surface area contributed by atoms with Gasteiger partial charge in [0.25, 0.3) is 0 Å². The van der Waals surface area contributed by atoms with Crippen LogP contribution in [0.15, 0.2) is 18.5 Å². The first kappa shape index (κ1) is 14.0. The van der Waals surface area contributed by atoms with Gasteiger partial charge in [0.15, 0.2) is 6.10 Å². The molecule has 0 saturated heterocycles. The lowest BCUT2D eigenvalue weighted by Crippen LogP contribution is -2.39. The monoisotopic (exact) mass is 256 g/mol. The molecule has 100 valence electrons. The fraction of sp³-hybridized carbons (Fsp3) is 0.500. The number of carbonyl (C=O) groups is 2. The van der Waals surface area contributed by atoms with Gasteiger partial charge in [0.05, 0.1) is 6.54 Å². The van der Waals surface area contributed by atoms with Gasteiger partial charge in [-0.25, -0.2) is 9.59 Å². The van der Waals surface area contributed by atoms with Crippen LogP contribution >= 0.6 is 0 Å². The predicted molar refractivity (Wildman–Crippen MR) is 61.9 cm³/mol. The van der Waals surface area contributed by atoms with Crippen LogP contribution in [-0.2, 0) is 11.3 Å². The molecule has 2 amide bonds. The first-order chi connectivity index (χ1) is 8.59. The van der Waals surface area contributed by atoms with Crippen LogP contribution in [0.3, 0.4) is 0 Å². The number of carbonyl (C=O) groups excluding carboxylic acids is 1. The van der Waals surface area contributed by atoms with E-state index in [9.17, 15) is 9.59 Å². The van der Waals surface area contributed by atoms with Crippen molar-refractivity contribution in [1.82, 2.24) is 20.4 Å². The Morgan fingerprint density at radius 2 is 2.06 bits per heavy atom. The van der Waals surface area contributed by atoms with E-state index in [1.54, 1.807) is 23.1 Å². The van der Waals surface area contributed by atoms with Gasteiger partial charge in [-0.3, -0.25) is 4.68 Å². The van der Waals surface area contributed by atoms with Gasteiger partial charge in [-0.15, -0.1) is 0 Å². The zero-order chi connectivity index (χ0) is 13.4. The lowest BCUT2D eigenvalue weighted by Gasteiger charge is -2.09. The second-order valence-corrected chi connectivity index (χ2v) is 3.59. The number of rotatable bonds is 7. The Hall–Kier alpha value is -2.09. The summed E-state index contributed by atoms with van der Waals surface area (Å²) in [6, 6.07) is 1.38. The molecule has 0 aliphatic carbocycles. The van der Waals surface area contributed by atoms with Gasteiger partial charge in [0.2, 0.25) is 0 Å². The summed E-state index contributed by atoms with van der Waals surface area (Å²) in [5.41, 5.74) is 0. The number of urea groups is 1. The first-order valence-electron chi connectivity index (χ1n) is 5.49. The number of aromatic nitrogens is 2. The summed E-state index contributed by atoms with van der Waals surface area (Å²) < 4.78 is 1.68. The van der Waals surface area contributed by atoms with Crippen molar-refractivity contribution in [1.29, 1.82) is 0 Å². The molecule has 0 aliphatic heterocycles. The molecule has 1 atom stereocenters. The molecule has 0 saturated carbocycles. The maximum absolute atomic E-state index is 11.2. The Balaban J connectivity index is 2.05. The van der Waals surface area contributed by atoms with Crippen LogP contribution in [0.5, 0.6) is 0 Å². The number of nitrogens with zero attached hydrogens (tertiary/aromatic N) is 2. The number of carboxylic acid groups (broad SMARTS) is 1. The topological polar surface area (TPSA) is 116 Å². The molecule has 4 N–H and O–H groups in total. The van der Waals surface area contributed by atoms with E-state index in [0.29, 0.717) is 13.1 Å². The average molecular weight is 256 g/mol. The van der Waals surface area contributed by atoms with Gasteiger partial charge >= 0.3 is 12.0 Å². The second-order valence-electron chi connectivity index (χ2n) is 3.59. The van der Waals surface area contributed by atoms with Crippen molar-refractivity contribution in [2.24, 2.45) is 0 Å². The van der Waals surface area contributed by atoms with Crippen molar-refractivity contribution in [2.75, 3.05) is 13.1 Å². The predicted octanol–water partition coefficient (Wildman–Crippen LogP) is -0.982. The van der Waals surface area contributed by atoms with Crippen LogP contribution in [0, 0.1) is 0 Å². The Kier molecular flexibility index (Phi) is 5.65. The molecule has 8 heteroatoms. The van der Waals surface area contributed by atoms with Crippen LogP contribution in [0.1, 0.15) is 6.42 Å². The molecule has 1 rings (SSSR count). The summed E-state index contributed by atoms with van der Waals surface area (Å²) in [4.78, 5) is 21.5. The Morgan fingerprint density at radius 1 is 1.33 bits per heavy atom. The molecule has 1 aromatic rings. The SMILES string of the molecule is O=C(NCC[C@H](O)C(=O)O)NCCn1cccn1. The lowest BCUT2D eigenvalue weighted by atomic mass is 10.2. The molecule has 0 bridgehead atoms. The highest BCUT2D eigenvalue weighted by Gasteiger charge is 2.12. The quantitative estimate of drug-likeness (QED) is 0.500. The molecule has 0 aliphatic rings. The molecule has 0 radical (unpaired) electrons. The van der Waals surface area contributed by atoms with Crippen LogP contribution < -0.4 is 10.6 Å². The normalized spacial score (nSPS) is 11.8. The Morgan fingerprint density at radius 3 is 2.67 bits per heavy atom. The summed E-state index contributed by atoms with van der Waals surface area (Å²) >= 11 is 0. The van der Waals surface area contributed by atoms with Crippen LogP contribution in [0.4, 0.5) is 4.79 Å². The van der Waals surface area contributed by atoms with Crippen molar-refractivity contribution in [3.05, 3.63) is 18.5 Å². The molecule has 1 aromatic heterocycles. The lowest BCUT2D eigenvalue weighted by molar-refractivity contribution is -0.146. The number of amides is 2. The molecule has 8 nitrogen and oxygen atoms in total. The van der Waals surface area contributed by atoms with Crippen LogP contribution in [-0.4, -0.2) is 51.2 Å². The maximum Gasteiger partial charge on any atom is 0.332 e. The van der Waals surface area contributed by atoms with E-state index in [4.69, 9.17) is 10.2 Å². The third-order valence-electron chi connectivity index (χ3n) is 2.17. The molecule has 0 aromatic carbocycles. The highest BCUT2D eigenvalue weighted by atomic mass is 16.4. The molecule has 0 unspecified atom stereocenters. The van der Waals surface area contributed by atoms with Gasteiger partial charge in [-0.05, 0) is 6.07 Å². The van der Waals surface area contributed by atoms with Crippen molar-refractivity contribution in [3.8, 4) is 0 Å². The molecular weight excluding hydrogens is 240 g/mol. The van der Waals surface area contributed by atoms with Crippen molar-refractivity contribution >= 4 is 12.0 Å². The smallest absolute Gasteiger partial charge is 0.332 e. The Bertz CT molecular complexity index is 379. The maximum atomic E-state index is 11.2. The summed E-state index contributed by atoms with van der Waals surface area (Å²) in [5.74, 6) is -1.30. The molecule has 0 spiro atoms. The zero-order valence-corrected chi connectivity index (χ0v) is 9.74. The highest BCUT2D eigenvalue weighted by Crippen LogP contribution is 1.89. The van der Waals surface area contributed by atoms with E-state index < -0.39 is 18.1 Å². The Labute approximate surface area is 104 Å². The number of hydrogen-bond acceptors (Lipinski definition) is 4. The number of hydrogen-bond donors (Lipinski definition) is 4. The largest absolute Gasteiger partial charge is 0.479 e. The summed E-state index contributed by atoms with van der Waals surface area (Å²) in [7, 11) is 0. The molecular formula is C10H16N4O4. The van der Waals surface area contributed by atoms with E-state index >= 15 is 0 Å². The van der Waals surface area contributed by atoms with E-state index in [0.717, 1.165) is 0 Å². The number of aliphatic carboxylic acids is 1. The highest BCUT2D eigenvalue weighted by molar-refractivity contribution is 5.74. The van der Waals surface area contributed by atoms with Gasteiger partial charge < -0.3 is 20.8 Å². The van der Waals surface area contributed by atoms with E-state index in [2.05, 4.69) is 15.7 Å². The van der Waals surface area contributed by atoms with E-state index in [1.165, 1.54) is 0 Å². The van der Waals surface area contributed by atoms with E-state index in [-0.39, 0.29) is 13.0 Å². The summed E-state index contributed by atoms with van der Waals surface area (Å²) in [5, 5.41) is 26.4. The minimum absolute atomic E-state index is 0.0259. The third-order valence-corrected chi connectivity index (χ3v) is 2.17. The second kappa shape index (κ2) is 7.28. The van der Waals surface area contributed by atoms with E-state index in [1.807, 2.05) is 0 Å². The number of nitrogens with one attached hydrogen (secondary N) is 2. The molecule has 1 heterocycles. The minimum atomic E-state index is -1.45. The van der Waals surface area contributed by atoms with Gasteiger partial charge in [-0.1, -0.05) is 0 Å². The van der Waals surface area contributed by atoms with Crippen LogP contribution in [0.25, 0.3) is 0 Å². The zero-order valence-electron chi connectivity index (χ0n) is 9.74. The summed E-state index contributed by atoms with van der Waals surface area (Å²) in [6.45, 7) is 1.06. The number of aliphatic hydroxyl groups is 1. The first-order valence-corrected chi connectivity index (χ1v) is 5.49. The summed E-state index contributed by atoms with van der Waals surface area (Å²) in [6.07, 6.45) is 1.95. The minimum Gasteiger partial charge on any atom is -0.479 e. The van der Waals surface area contributed by atoms with Crippen molar-refractivity contribution < 1.29 is 19.8 Å².